The van der Waals surface area contributed by atoms with E-state index in [4.69, 9.17) is 4.74 Å². The second-order valence-electron chi connectivity index (χ2n) is 6.69. The van der Waals surface area contributed by atoms with Gasteiger partial charge in [-0.05, 0) is 31.5 Å². The number of hydrogen-bond donors (Lipinski definition) is 0. The van der Waals surface area contributed by atoms with Crippen molar-refractivity contribution in [2.75, 3.05) is 18.6 Å². The minimum Gasteiger partial charge on any atom is -0.495 e. The Bertz CT molecular complexity index is 759. The lowest BCUT2D eigenvalue weighted by Gasteiger charge is -2.29. The van der Waals surface area contributed by atoms with Gasteiger partial charge in [0.15, 0.2) is 0 Å². The van der Waals surface area contributed by atoms with Crippen LogP contribution in [0.5, 0.6) is 5.75 Å². The van der Waals surface area contributed by atoms with Crippen LogP contribution in [-0.4, -0.2) is 36.4 Å². The molecule has 0 spiro atoms. The summed E-state index contributed by atoms with van der Waals surface area (Å²) in [6, 6.07) is 17.3. The highest BCUT2D eigenvalue weighted by molar-refractivity contribution is 5.93. The van der Waals surface area contributed by atoms with E-state index in [1.165, 1.54) is 6.92 Å². The van der Waals surface area contributed by atoms with Crippen LogP contribution in [0, 0.1) is 0 Å². The van der Waals surface area contributed by atoms with Crippen molar-refractivity contribution in [2.45, 2.75) is 39.8 Å². The van der Waals surface area contributed by atoms with Gasteiger partial charge in [-0.15, -0.1) is 0 Å². The summed E-state index contributed by atoms with van der Waals surface area (Å²) in [7, 11) is 1.57. The fourth-order valence-electron chi connectivity index (χ4n) is 2.99. The van der Waals surface area contributed by atoms with Gasteiger partial charge >= 0.3 is 0 Å². The zero-order valence-electron chi connectivity index (χ0n) is 16.5. The molecular formula is C22H28N2O3. The average molecular weight is 368 g/mol. The number of carbonyl (C=O) groups is 2. The van der Waals surface area contributed by atoms with Crippen molar-refractivity contribution in [2.24, 2.45) is 0 Å². The number of rotatable bonds is 8. The largest absolute Gasteiger partial charge is 0.495 e. The molecule has 0 saturated heterocycles. The lowest BCUT2D eigenvalue weighted by Crippen LogP contribution is -2.39. The minimum atomic E-state index is -0.119. The lowest BCUT2D eigenvalue weighted by molar-refractivity contribution is -0.133. The van der Waals surface area contributed by atoms with Crippen molar-refractivity contribution < 1.29 is 14.3 Å². The number of nitrogens with zero attached hydrogens (tertiary/aromatic N) is 2. The standard InChI is InChI=1S/C22H28N2O3/c1-17(2)24(16-19-10-6-5-7-11-19)22(26)14-15-23(18(3)25)20-12-8-9-13-21(20)27-4/h5-13,17H,14-16H2,1-4H3. The van der Waals surface area contributed by atoms with E-state index in [0.717, 1.165) is 5.56 Å². The predicted molar refractivity (Wildman–Crippen MR) is 108 cm³/mol. The van der Waals surface area contributed by atoms with E-state index in [2.05, 4.69) is 0 Å². The van der Waals surface area contributed by atoms with Crippen LogP contribution in [0.25, 0.3) is 0 Å². The maximum absolute atomic E-state index is 12.9. The summed E-state index contributed by atoms with van der Waals surface area (Å²) in [5.74, 6) is 0.520. The van der Waals surface area contributed by atoms with Crippen LogP contribution in [0.1, 0.15) is 32.8 Å². The number of methoxy groups -OCH3 is 1. The Hall–Kier alpha value is -2.82. The van der Waals surface area contributed by atoms with Crippen LogP contribution >= 0.6 is 0 Å². The number of para-hydroxylation sites is 2. The van der Waals surface area contributed by atoms with E-state index in [1.54, 1.807) is 12.0 Å². The van der Waals surface area contributed by atoms with Crippen LogP contribution in [-0.2, 0) is 16.1 Å². The van der Waals surface area contributed by atoms with Gasteiger partial charge in [0.05, 0.1) is 12.8 Å². The first-order chi connectivity index (χ1) is 12.9. The van der Waals surface area contributed by atoms with E-state index in [1.807, 2.05) is 73.3 Å². The first-order valence-corrected chi connectivity index (χ1v) is 9.18. The van der Waals surface area contributed by atoms with Gasteiger partial charge in [0, 0.05) is 32.5 Å². The molecule has 0 unspecified atom stereocenters. The predicted octanol–water partition coefficient (Wildman–Crippen LogP) is 3.88. The maximum Gasteiger partial charge on any atom is 0.224 e. The number of hydrogen-bond acceptors (Lipinski definition) is 3. The molecule has 5 nitrogen and oxygen atoms in total. The average Bonchev–Trinajstić information content (AvgIpc) is 2.66. The van der Waals surface area contributed by atoms with Gasteiger partial charge in [0.1, 0.15) is 5.75 Å². The van der Waals surface area contributed by atoms with E-state index in [9.17, 15) is 9.59 Å². The molecule has 0 heterocycles. The smallest absolute Gasteiger partial charge is 0.224 e. The van der Waals surface area contributed by atoms with Crippen LogP contribution in [0.15, 0.2) is 54.6 Å². The Kier molecular flexibility index (Phi) is 7.41. The summed E-state index contributed by atoms with van der Waals surface area (Å²) in [4.78, 5) is 28.5. The van der Waals surface area contributed by atoms with E-state index < -0.39 is 0 Å². The summed E-state index contributed by atoms with van der Waals surface area (Å²) in [5.41, 5.74) is 1.77. The highest BCUT2D eigenvalue weighted by atomic mass is 16.5. The van der Waals surface area contributed by atoms with Gasteiger partial charge in [0.2, 0.25) is 11.8 Å². The quantitative estimate of drug-likeness (QED) is 0.711. The normalized spacial score (nSPS) is 10.6. The van der Waals surface area contributed by atoms with Gasteiger partial charge in [0.25, 0.3) is 0 Å². The molecule has 2 aromatic rings. The van der Waals surface area contributed by atoms with Gasteiger partial charge in [-0.1, -0.05) is 42.5 Å². The van der Waals surface area contributed by atoms with Crippen molar-refractivity contribution >= 4 is 17.5 Å². The van der Waals surface area contributed by atoms with Crippen LogP contribution in [0.2, 0.25) is 0 Å². The van der Waals surface area contributed by atoms with Crippen molar-refractivity contribution in [1.29, 1.82) is 0 Å². The zero-order valence-corrected chi connectivity index (χ0v) is 16.5. The Balaban J connectivity index is 2.10. The number of amides is 2. The fraction of sp³-hybridized carbons (Fsp3) is 0.364. The molecule has 2 rings (SSSR count). The van der Waals surface area contributed by atoms with E-state index in [0.29, 0.717) is 24.5 Å². The van der Waals surface area contributed by atoms with Crippen LogP contribution < -0.4 is 9.64 Å². The second kappa shape index (κ2) is 9.76. The van der Waals surface area contributed by atoms with Crippen LogP contribution in [0.3, 0.4) is 0 Å². The van der Waals surface area contributed by atoms with Crippen molar-refractivity contribution in [3.8, 4) is 5.75 Å². The molecule has 27 heavy (non-hydrogen) atoms. The van der Waals surface area contributed by atoms with Crippen molar-refractivity contribution in [3.05, 3.63) is 60.2 Å². The maximum atomic E-state index is 12.9. The molecule has 0 fully saturated rings. The number of carbonyl (C=O) groups excluding carboxylic acids is 2. The lowest BCUT2D eigenvalue weighted by atomic mass is 10.1. The Morgan fingerprint density at radius 3 is 2.22 bits per heavy atom. The Morgan fingerprint density at radius 2 is 1.63 bits per heavy atom. The SMILES string of the molecule is COc1ccccc1N(CCC(=O)N(Cc1ccccc1)C(C)C)C(C)=O. The Labute approximate surface area is 161 Å². The molecule has 2 aromatic carbocycles. The minimum absolute atomic E-state index is 0.0231. The molecule has 0 saturated carbocycles. The molecule has 0 aromatic heterocycles. The molecule has 0 radical (unpaired) electrons. The van der Waals surface area contributed by atoms with Gasteiger partial charge in [-0.25, -0.2) is 0 Å². The Morgan fingerprint density at radius 1 is 1.00 bits per heavy atom. The second-order valence-corrected chi connectivity index (χ2v) is 6.69. The molecular weight excluding hydrogens is 340 g/mol. The number of benzene rings is 2. The molecule has 2 amide bonds. The fourth-order valence-corrected chi connectivity index (χ4v) is 2.99. The molecule has 0 aliphatic heterocycles. The van der Waals surface area contributed by atoms with Gasteiger partial charge in [-0.2, -0.15) is 0 Å². The van der Waals surface area contributed by atoms with Crippen molar-refractivity contribution in [3.63, 3.8) is 0 Å². The third-order valence-corrected chi connectivity index (χ3v) is 4.44. The molecule has 0 aliphatic carbocycles. The highest BCUT2D eigenvalue weighted by Crippen LogP contribution is 2.28. The molecule has 5 heteroatoms. The monoisotopic (exact) mass is 368 g/mol. The summed E-state index contributed by atoms with van der Waals surface area (Å²) in [6.07, 6.45) is 0.253. The molecule has 0 bridgehead atoms. The third-order valence-electron chi connectivity index (χ3n) is 4.44. The van der Waals surface area contributed by atoms with E-state index >= 15 is 0 Å². The number of ether oxygens (including phenoxy) is 1. The summed E-state index contributed by atoms with van der Waals surface area (Å²) in [6.45, 7) is 6.38. The summed E-state index contributed by atoms with van der Waals surface area (Å²) >= 11 is 0. The number of anilines is 1. The van der Waals surface area contributed by atoms with Gasteiger partial charge in [-0.3, -0.25) is 9.59 Å². The highest BCUT2D eigenvalue weighted by Gasteiger charge is 2.21. The first-order valence-electron chi connectivity index (χ1n) is 9.18. The molecule has 144 valence electrons. The topological polar surface area (TPSA) is 49.9 Å². The molecule has 0 N–H and O–H groups in total. The summed E-state index contributed by atoms with van der Waals surface area (Å²) in [5, 5.41) is 0. The van der Waals surface area contributed by atoms with Crippen molar-refractivity contribution in [1.82, 2.24) is 4.90 Å². The first kappa shape index (κ1) is 20.5. The van der Waals surface area contributed by atoms with Crippen LogP contribution in [0.4, 0.5) is 5.69 Å². The summed E-state index contributed by atoms with van der Waals surface area (Å²) < 4.78 is 5.36. The third kappa shape index (κ3) is 5.58. The molecule has 0 aliphatic rings. The van der Waals surface area contributed by atoms with E-state index in [-0.39, 0.29) is 24.3 Å². The van der Waals surface area contributed by atoms with Gasteiger partial charge < -0.3 is 14.5 Å². The molecule has 0 atom stereocenters. The zero-order chi connectivity index (χ0) is 19.8.